The fraction of sp³-hybridized carbons (Fsp3) is 0.500. The molecule has 1 aromatic heterocycles. The molecule has 1 fully saturated rings. The van der Waals surface area contributed by atoms with Gasteiger partial charge in [-0.1, -0.05) is 0 Å². The Morgan fingerprint density at radius 1 is 1.36 bits per heavy atom. The number of rotatable bonds is 2. The maximum Gasteiger partial charge on any atom is 0.168 e. The minimum atomic E-state index is 0.472. The van der Waals surface area contributed by atoms with Gasteiger partial charge in [0.05, 0.1) is 0 Å². The van der Waals surface area contributed by atoms with E-state index in [0.717, 1.165) is 25.2 Å². The van der Waals surface area contributed by atoms with Gasteiger partial charge in [-0.15, -0.1) is 0 Å². The quantitative estimate of drug-likeness (QED) is 0.659. The number of carbonyl (C=O) groups is 1. The van der Waals surface area contributed by atoms with Crippen LogP contribution in [0.1, 0.15) is 29.2 Å². The number of hydrogen-bond donors (Lipinski definition) is 0. The molecule has 0 amide bonds. The summed E-state index contributed by atoms with van der Waals surface area (Å²) >= 11 is 0. The smallest absolute Gasteiger partial charge is 0.168 e. The predicted octanol–water partition coefficient (Wildman–Crippen LogP) is 1.20. The third-order valence-electron chi connectivity index (χ3n) is 2.40. The SMILES string of the molecule is Cc1nc(C=O)cc(N2CCCC2)n1. The van der Waals surface area contributed by atoms with Crippen molar-refractivity contribution in [2.24, 2.45) is 0 Å². The number of aryl methyl sites for hydroxylation is 1. The van der Waals surface area contributed by atoms with E-state index in [9.17, 15) is 4.79 Å². The standard InChI is InChI=1S/C10H13N3O/c1-8-11-9(7-14)6-10(12-8)13-4-2-3-5-13/h6-7H,2-5H2,1H3. The molecule has 0 atom stereocenters. The predicted molar refractivity (Wildman–Crippen MR) is 53.6 cm³/mol. The van der Waals surface area contributed by atoms with E-state index in [0.29, 0.717) is 11.5 Å². The Morgan fingerprint density at radius 3 is 2.71 bits per heavy atom. The van der Waals surface area contributed by atoms with Crippen molar-refractivity contribution in [3.63, 3.8) is 0 Å². The molecule has 0 radical (unpaired) electrons. The average molecular weight is 191 g/mol. The highest BCUT2D eigenvalue weighted by Crippen LogP contribution is 2.17. The third-order valence-corrected chi connectivity index (χ3v) is 2.40. The Bertz CT molecular complexity index is 345. The molecule has 14 heavy (non-hydrogen) atoms. The Kier molecular flexibility index (Phi) is 2.43. The van der Waals surface area contributed by atoms with Crippen LogP contribution in [0.3, 0.4) is 0 Å². The van der Waals surface area contributed by atoms with Crippen molar-refractivity contribution in [2.75, 3.05) is 18.0 Å². The van der Waals surface area contributed by atoms with E-state index < -0.39 is 0 Å². The number of aldehydes is 1. The summed E-state index contributed by atoms with van der Waals surface area (Å²) in [6, 6.07) is 1.76. The first-order valence-corrected chi connectivity index (χ1v) is 4.85. The van der Waals surface area contributed by atoms with Crippen molar-refractivity contribution in [3.05, 3.63) is 17.6 Å². The first kappa shape index (κ1) is 9.12. The van der Waals surface area contributed by atoms with Gasteiger partial charge in [-0.3, -0.25) is 4.79 Å². The number of anilines is 1. The van der Waals surface area contributed by atoms with Gasteiger partial charge in [0.25, 0.3) is 0 Å². The van der Waals surface area contributed by atoms with Gasteiger partial charge in [-0.05, 0) is 19.8 Å². The number of aromatic nitrogens is 2. The molecule has 0 aliphatic carbocycles. The first-order valence-electron chi connectivity index (χ1n) is 4.85. The van der Waals surface area contributed by atoms with Crippen LogP contribution in [0.15, 0.2) is 6.07 Å². The zero-order valence-corrected chi connectivity index (χ0v) is 8.23. The number of nitrogens with zero attached hydrogens (tertiary/aromatic N) is 3. The molecule has 2 heterocycles. The molecule has 74 valence electrons. The molecule has 0 aromatic carbocycles. The fourth-order valence-electron chi connectivity index (χ4n) is 1.74. The van der Waals surface area contributed by atoms with Gasteiger partial charge in [-0.25, -0.2) is 9.97 Å². The Labute approximate surface area is 83.0 Å². The first-order chi connectivity index (χ1) is 6.79. The molecule has 1 aliphatic heterocycles. The monoisotopic (exact) mass is 191 g/mol. The molecule has 0 saturated carbocycles. The third kappa shape index (κ3) is 1.73. The normalized spacial score (nSPS) is 15.9. The maximum atomic E-state index is 10.6. The average Bonchev–Trinajstić information content (AvgIpc) is 2.69. The van der Waals surface area contributed by atoms with Crippen LogP contribution < -0.4 is 4.90 Å². The number of hydrogen-bond acceptors (Lipinski definition) is 4. The molecule has 1 aromatic rings. The van der Waals surface area contributed by atoms with Crippen LogP contribution in [0.4, 0.5) is 5.82 Å². The molecule has 1 saturated heterocycles. The van der Waals surface area contributed by atoms with Gasteiger partial charge < -0.3 is 4.90 Å². The number of carbonyl (C=O) groups excluding carboxylic acids is 1. The van der Waals surface area contributed by atoms with Gasteiger partial charge in [0.15, 0.2) is 6.29 Å². The molecular formula is C10H13N3O. The van der Waals surface area contributed by atoms with E-state index in [2.05, 4.69) is 14.9 Å². The molecule has 4 heteroatoms. The van der Waals surface area contributed by atoms with E-state index in [1.54, 1.807) is 6.07 Å². The molecule has 0 bridgehead atoms. The highest BCUT2D eigenvalue weighted by atomic mass is 16.1. The van der Waals surface area contributed by atoms with Crippen molar-refractivity contribution in [1.82, 2.24) is 9.97 Å². The second-order valence-corrected chi connectivity index (χ2v) is 3.51. The highest BCUT2D eigenvalue weighted by Gasteiger charge is 2.14. The lowest BCUT2D eigenvalue weighted by Crippen LogP contribution is -2.19. The molecule has 2 rings (SSSR count). The van der Waals surface area contributed by atoms with Crippen molar-refractivity contribution in [3.8, 4) is 0 Å². The van der Waals surface area contributed by atoms with Crippen LogP contribution in [0, 0.1) is 6.92 Å². The van der Waals surface area contributed by atoms with Crippen LogP contribution in [0.5, 0.6) is 0 Å². The van der Waals surface area contributed by atoms with Crippen LogP contribution >= 0.6 is 0 Å². The largest absolute Gasteiger partial charge is 0.356 e. The lowest BCUT2D eigenvalue weighted by atomic mass is 10.4. The summed E-state index contributed by atoms with van der Waals surface area (Å²) in [7, 11) is 0. The van der Waals surface area contributed by atoms with E-state index >= 15 is 0 Å². The van der Waals surface area contributed by atoms with Gasteiger partial charge in [-0.2, -0.15) is 0 Å². The minimum absolute atomic E-state index is 0.472. The van der Waals surface area contributed by atoms with Gasteiger partial charge in [0.2, 0.25) is 0 Å². The zero-order chi connectivity index (χ0) is 9.97. The molecule has 4 nitrogen and oxygen atoms in total. The van der Waals surface area contributed by atoms with Crippen LogP contribution in [0.2, 0.25) is 0 Å². The molecule has 0 unspecified atom stereocenters. The van der Waals surface area contributed by atoms with E-state index in [4.69, 9.17) is 0 Å². The lowest BCUT2D eigenvalue weighted by molar-refractivity contribution is 0.111. The second kappa shape index (κ2) is 3.74. The van der Waals surface area contributed by atoms with Crippen molar-refractivity contribution < 1.29 is 4.79 Å². The van der Waals surface area contributed by atoms with Gasteiger partial charge in [0, 0.05) is 19.2 Å². The molecule has 1 aliphatic rings. The fourth-order valence-corrected chi connectivity index (χ4v) is 1.74. The van der Waals surface area contributed by atoms with Crippen LogP contribution in [0.25, 0.3) is 0 Å². The van der Waals surface area contributed by atoms with Gasteiger partial charge in [0.1, 0.15) is 17.3 Å². The summed E-state index contributed by atoms with van der Waals surface area (Å²) in [6.07, 6.45) is 3.19. The topological polar surface area (TPSA) is 46.1 Å². The summed E-state index contributed by atoms with van der Waals surface area (Å²) < 4.78 is 0. The van der Waals surface area contributed by atoms with Crippen LogP contribution in [-0.2, 0) is 0 Å². The highest BCUT2D eigenvalue weighted by molar-refractivity contribution is 5.73. The van der Waals surface area contributed by atoms with Crippen molar-refractivity contribution >= 4 is 12.1 Å². The summed E-state index contributed by atoms with van der Waals surface area (Å²) in [5.74, 6) is 1.55. The summed E-state index contributed by atoms with van der Waals surface area (Å²) in [6.45, 7) is 3.88. The van der Waals surface area contributed by atoms with E-state index in [1.165, 1.54) is 12.8 Å². The Balaban J connectivity index is 2.31. The molecule has 0 N–H and O–H groups in total. The van der Waals surface area contributed by atoms with Crippen molar-refractivity contribution in [1.29, 1.82) is 0 Å². The summed E-state index contributed by atoms with van der Waals surface area (Å²) in [4.78, 5) is 21.2. The summed E-state index contributed by atoms with van der Waals surface area (Å²) in [5.41, 5.74) is 0.472. The molecule has 0 spiro atoms. The summed E-state index contributed by atoms with van der Waals surface area (Å²) in [5, 5.41) is 0. The zero-order valence-electron chi connectivity index (χ0n) is 8.23. The minimum Gasteiger partial charge on any atom is -0.356 e. The van der Waals surface area contributed by atoms with E-state index in [1.807, 2.05) is 6.92 Å². The van der Waals surface area contributed by atoms with Gasteiger partial charge >= 0.3 is 0 Å². The lowest BCUT2D eigenvalue weighted by Gasteiger charge is -2.16. The molecular weight excluding hydrogens is 178 g/mol. The van der Waals surface area contributed by atoms with E-state index in [-0.39, 0.29) is 0 Å². The van der Waals surface area contributed by atoms with Crippen molar-refractivity contribution in [2.45, 2.75) is 19.8 Å². The Morgan fingerprint density at radius 2 is 2.07 bits per heavy atom. The maximum absolute atomic E-state index is 10.6. The second-order valence-electron chi connectivity index (χ2n) is 3.51. The Hall–Kier alpha value is -1.45. The van der Waals surface area contributed by atoms with Crippen LogP contribution in [-0.4, -0.2) is 29.3 Å².